The zero-order valence-electron chi connectivity index (χ0n) is 18.7. The first-order chi connectivity index (χ1) is 15.1. The lowest BCUT2D eigenvalue weighted by Gasteiger charge is -2.32. The molecule has 0 atom stereocenters. The number of alkyl carbamates (subject to hydrolysis) is 1. The first-order valence-electron chi connectivity index (χ1n) is 10.4. The Morgan fingerprint density at radius 3 is 2.34 bits per heavy atom. The molecule has 2 aromatic rings. The number of amides is 1. The highest BCUT2D eigenvalue weighted by Crippen LogP contribution is 2.38. The summed E-state index contributed by atoms with van der Waals surface area (Å²) in [5.41, 5.74) is 0.450. The summed E-state index contributed by atoms with van der Waals surface area (Å²) < 4.78 is 31.5. The van der Waals surface area contributed by atoms with Gasteiger partial charge in [-0.2, -0.15) is 0 Å². The molecule has 0 radical (unpaired) electrons. The number of carbonyl (C=O) groups excluding carboxylic acids is 2. The Morgan fingerprint density at radius 2 is 1.72 bits per heavy atom. The fraction of sp³-hybridized carbons (Fsp3) is 0.333. The van der Waals surface area contributed by atoms with Gasteiger partial charge in [0.15, 0.2) is 6.29 Å². The summed E-state index contributed by atoms with van der Waals surface area (Å²) in [5, 5.41) is 2.69. The Labute approximate surface area is 187 Å². The molecule has 0 aliphatic carbocycles. The molecular formula is C24H27BFNO5. The number of aldehydes is 1. The van der Waals surface area contributed by atoms with Gasteiger partial charge in [0.1, 0.15) is 12.4 Å². The van der Waals surface area contributed by atoms with Crippen LogP contribution in [0, 0.1) is 5.82 Å². The quantitative estimate of drug-likeness (QED) is 0.505. The average Bonchev–Trinajstić information content (AvgIpc) is 2.97. The van der Waals surface area contributed by atoms with Crippen LogP contribution in [0.25, 0.3) is 6.08 Å². The number of rotatable bonds is 7. The van der Waals surface area contributed by atoms with E-state index < -0.39 is 30.2 Å². The van der Waals surface area contributed by atoms with Gasteiger partial charge in [0, 0.05) is 6.54 Å². The topological polar surface area (TPSA) is 73.9 Å². The van der Waals surface area contributed by atoms with E-state index in [4.69, 9.17) is 14.0 Å². The second-order valence-corrected chi connectivity index (χ2v) is 8.58. The molecule has 168 valence electrons. The number of hydrogen-bond acceptors (Lipinski definition) is 5. The summed E-state index contributed by atoms with van der Waals surface area (Å²) in [6.45, 7) is 7.79. The fourth-order valence-electron chi connectivity index (χ4n) is 3.15. The van der Waals surface area contributed by atoms with Gasteiger partial charge in [-0.25, -0.2) is 9.18 Å². The van der Waals surface area contributed by atoms with Gasteiger partial charge >= 0.3 is 13.2 Å². The van der Waals surface area contributed by atoms with Gasteiger partial charge in [-0.15, -0.1) is 0 Å². The Morgan fingerprint density at radius 1 is 1.06 bits per heavy atom. The lowest BCUT2D eigenvalue weighted by atomic mass is 9.76. The molecular weight excluding hydrogens is 412 g/mol. The minimum absolute atomic E-state index is 0.0270. The molecule has 1 aliphatic rings. The van der Waals surface area contributed by atoms with E-state index >= 15 is 0 Å². The molecule has 1 N–H and O–H groups in total. The van der Waals surface area contributed by atoms with Crippen molar-refractivity contribution in [2.45, 2.75) is 45.5 Å². The molecule has 2 aromatic carbocycles. The van der Waals surface area contributed by atoms with Crippen molar-refractivity contribution < 1.29 is 28.0 Å². The van der Waals surface area contributed by atoms with E-state index in [2.05, 4.69) is 5.32 Å². The van der Waals surface area contributed by atoms with Crippen LogP contribution in [0.1, 0.15) is 49.2 Å². The van der Waals surface area contributed by atoms with Crippen LogP contribution in [0.4, 0.5) is 9.18 Å². The number of hydrogen-bond donors (Lipinski definition) is 1. The molecule has 1 aliphatic heterocycles. The summed E-state index contributed by atoms with van der Waals surface area (Å²) in [4.78, 5) is 23.7. The lowest BCUT2D eigenvalue weighted by Crippen LogP contribution is -2.41. The maximum absolute atomic E-state index is 14.1. The molecule has 0 unspecified atom stereocenters. The largest absolute Gasteiger partial charge is 0.492 e. The van der Waals surface area contributed by atoms with E-state index in [9.17, 15) is 14.0 Å². The lowest BCUT2D eigenvalue weighted by molar-refractivity contribution is 0.00578. The standard InChI is InChI=1S/C24H27BFNO5/c1-23(2)24(3,4)32-25(31-23)19(13-18-11-8-12-21(26)20(18)15-28)14-27-22(29)30-16-17-9-6-5-7-10-17/h5-13,15H,14,16H2,1-4H3,(H,27,29). The number of benzene rings is 2. The molecule has 1 fully saturated rings. The highest BCUT2D eigenvalue weighted by molar-refractivity contribution is 6.56. The monoisotopic (exact) mass is 439 g/mol. The number of nitrogens with one attached hydrogen (secondary N) is 1. The predicted octanol–water partition coefficient (Wildman–Crippen LogP) is 4.58. The molecule has 0 bridgehead atoms. The zero-order valence-corrected chi connectivity index (χ0v) is 18.7. The number of halogens is 1. The average molecular weight is 439 g/mol. The summed E-state index contributed by atoms with van der Waals surface area (Å²) in [6.07, 6.45) is 1.45. The van der Waals surface area contributed by atoms with Crippen molar-refractivity contribution in [1.82, 2.24) is 5.32 Å². The van der Waals surface area contributed by atoms with Crippen LogP contribution in [0.5, 0.6) is 0 Å². The van der Waals surface area contributed by atoms with Crippen LogP contribution in [-0.2, 0) is 20.7 Å². The van der Waals surface area contributed by atoms with Gasteiger partial charge in [0.25, 0.3) is 0 Å². The SMILES string of the molecule is CC1(C)OB(C(=Cc2cccc(F)c2C=O)CNC(=O)OCc2ccccc2)OC1(C)C. The van der Waals surface area contributed by atoms with Gasteiger partial charge in [0.05, 0.1) is 16.8 Å². The molecule has 1 heterocycles. The third-order valence-electron chi connectivity index (χ3n) is 5.75. The second-order valence-electron chi connectivity index (χ2n) is 8.58. The summed E-state index contributed by atoms with van der Waals surface area (Å²) in [7, 11) is -0.794. The van der Waals surface area contributed by atoms with E-state index in [0.29, 0.717) is 17.3 Å². The van der Waals surface area contributed by atoms with Crippen molar-refractivity contribution in [3.05, 3.63) is 76.5 Å². The van der Waals surface area contributed by atoms with Gasteiger partial charge in [-0.05, 0) is 50.4 Å². The Balaban J connectivity index is 1.79. The van der Waals surface area contributed by atoms with Gasteiger partial charge < -0.3 is 19.4 Å². The van der Waals surface area contributed by atoms with E-state index in [1.165, 1.54) is 12.1 Å². The third kappa shape index (κ3) is 5.44. The Bertz CT molecular complexity index is 991. The van der Waals surface area contributed by atoms with Crippen LogP contribution < -0.4 is 5.32 Å². The molecule has 0 saturated carbocycles. The highest BCUT2D eigenvalue weighted by Gasteiger charge is 2.52. The van der Waals surface area contributed by atoms with E-state index in [1.54, 1.807) is 12.1 Å². The van der Waals surface area contributed by atoms with E-state index in [-0.39, 0.29) is 18.7 Å². The van der Waals surface area contributed by atoms with E-state index in [0.717, 1.165) is 5.56 Å². The second kappa shape index (κ2) is 9.67. The van der Waals surface area contributed by atoms with Crippen molar-refractivity contribution in [3.8, 4) is 0 Å². The van der Waals surface area contributed by atoms with Crippen LogP contribution in [0.3, 0.4) is 0 Å². The van der Waals surface area contributed by atoms with Crippen LogP contribution >= 0.6 is 0 Å². The van der Waals surface area contributed by atoms with Crippen molar-refractivity contribution in [3.63, 3.8) is 0 Å². The summed E-state index contributed by atoms with van der Waals surface area (Å²) >= 11 is 0. The minimum atomic E-state index is -0.794. The molecule has 8 heteroatoms. The molecule has 1 amide bonds. The normalized spacial score (nSPS) is 17.2. The molecule has 0 spiro atoms. The molecule has 0 aromatic heterocycles. The van der Waals surface area contributed by atoms with Gasteiger partial charge in [-0.3, -0.25) is 4.79 Å². The Kier molecular flexibility index (Phi) is 7.16. The third-order valence-corrected chi connectivity index (χ3v) is 5.75. The number of carbonyl (C=O) groups is 2. The first-order valence-corrected chi connectivity index (χ1v) is 10.4. The van der Waals surface area contributed by atoms with Crippen molar-refractivity contribution in [2.75, 3.05) is 6.54 Å². The zero-order chi connectivity index (χ0) is 23.4. The van der Waals surface area contributed by atoms with Crippen LogP contribution in [0.2, 0.25) is 0 Å². The first kappa shape index (κ1) is 23.7. The van der Waals surface area contributed by atoms with Crippen LogP contribution in [0.15, 0.2) is 54.0 Å². The molecule has 32 heavy (non-hydrogen) atoms. The molecule has 1 saturated heterocycles. The number of ether oxygens (including phenoxy) is 1. The maximum atomic E-state index is 14.1. The predicted molar refractivity (Wildman–Crippen MR) is 120 cm³/mol. The van der Waals surface area contributed by atoms with Crippen LogP contribution in [-0.4, -0.2) is 37.2 Å². The van der Waals surface area contributed by atoms with Crippen molar-refractivity contribution in [2.24, 2.45) is 0 Å². The summed E-state index contributed by atoms with van der Waals surface area (Å²) in [6, 6.07) is 13.7. The highest BCUT2D eigenvalue weighted by atomic mass is 19.1. The molecule has 3 rings (SSSR count). The van der Waals surface area contributed by atoms with Crippen molar-refractivity contribution >= 4 is 25.6 Å². The minimum Gasteiger partial charge on any atom is -0.445 e. The van der Waals surface area contributed by atoms with Gasteiger partial charge in [-0.1, -0.05) is 48.5 Å². The Hall–Kier alpha value is -2.97. The summed E-state index contributed by atoms with van der Waals surface area (Å²) in [5.74, 6) is -0.628. The maximum Gasteiger partial charge on any atom is 0.492 e. The van der Waals surface area contributed by atoms with E-state index in [1.807, 2.05) is 58.0 Å². The smallest absolute Gasteiger partial charge is 0.445 e. The fourth-order valence-corrected chi connectivity index (χ4v) is 3.15. The van der Waals surface area contributed by atoms with Gasteiger partial charge in [0.2, 0.25) is 0 Å². The molecule has 6 nitrogen and oxygen atoms in total. The van der Waals surface area contributed by atoms with Crippen molar-refractivity contribution in [1.29, 1.82) is 0 Å².